The van der Waals surface area contributed by atoms with Gasteiger partial charge in [-0.2, -0.15) is 0 Å². The molecule has 1 aromatic carbocycles. The van der Waals surface area contributed by atoms with Crippen LogP contribution >= 0.6 is 0 Å². The summed E-state index contributed by atoms with van der Waals surface area (Å²) in [6.45, 7) is 0. The minimum Gasteiger partial charge on any atom is -0.467 e. The van der Waals surface area contributed by atoms with E-state index in [9.17, 15) is 14.4 Å². The minimum atomic E-state index is -0.969. The molecule has 130 valence electrons. The maximum Gasteiger partial charge on any atom is 0.337 e. The highest BCUT2D eigenvalue weighted by molar-refractivity contribution is 5.95. The van der Waals surface area contributed by atoms with Crippen LogP contribution in [0, 0.1) is 0 Å². The van der Waals surface area contributed by atoms with Gasteiger partial charge in [0.2, 0.25) is 0 Å². The molecule has 2 rings (SSSR count). The van der Waals surface area contributed by atoms with Crippen LogP contribution in [-0.4, -0.2) is 37.7 Å². The lowest BCUT2D eigenvalue weighted by Gasteiger charge is -2.35. The molecule has 1 aromatic rings. The number of methoxy groups -OCH3 is 2. The summed E-state index contributed by atoms with van der Waals surface area (Å²) < 4.78 is 9.49. The van der Waals surface area contributed by atoms with Crippen LogP contribution in [0.4, 0.5) is 10.5 Å². The van der Waals surface area contributed by atoms with Gasteiger partial charge in [0.1, 0.15) is 5.54 Å². The molecule has 0 aliphatic heterocycles. The lowest BCUT2D eigenvalue weighted by molar-refractivity contribution is -0.149. The topological polar surface area (TPSA) is 93.7 Å². The van der Waals surface area contributed by atoms with Gasteiger partial charge >= 0.3 is 18.0 Å². The standard InChI is InChI=1S/C17H22N2O5/c1-23-14(20)12-6-8-13(9-7-12)18-16(22)19-17(15(21)24-2)10-4-3-5-11-17/h6-9H,3-5,10-11H2,1-2H3,(H2,18,19,22). The number of esters is 2. The molecule has 0 bridgehead atoms. The lowest BCUT2D eigenvalue weighted by Crippen LogP contribution is -2.57. The second kappa shape index (κ2) is 7.81. The van der Waals surface area contributed by atoms with Crippen molar-refractivity contribution in [3.05, 3.63) is 29.8 Å². The number of urea groups is 1. The van der Waals surface area contributed by atoms with Crippen molar-refractivity contribution in [2.75, 3.05) is 19.5 Å². The summed E-state index contributed by atoms with van der Waals surface area (Å²) >= 11 is 0. The van der Waals surface area contributed by atoms with Crippen LogP contribution in [0.2, 0.25) is 0 Å². The van der Waals surface area contributed by atoms with Gasteiger partial charge in [0.25, 0.3) is 0 Å². The van der Waals surface area contributed by atoms with E-state index in [1.165, 1.54) is 14.2 Å². The predicted molar refractivity (Wildman–Crippen MR) is 87.8 cm³/mol. The van der Waals surface area contributed by atoms with Crippen LogP contribution in [0.5, 0.6) is 0 Å². The van der Waals surface area contributed by atoms with Crippen molar-refractivity contribution in [3.8, 4) is 0 Å². The number of carbonyl (C=O) groups excluding carboxylic acids is 3. The van der Waals surface area contributed by atoms with E-state index in [-0.39, 0.29) is 0 Å². The summed E-state index contributed by atoms with van der Waals surface area (Å²) in [7, 11) is 2.63. The molecule has 0 spiro atoms. The molecule has 1 aliphatic rings. The second-order valence-corrected chi connectivity index (χ2v) is 5.78. The Bertz CT molecular complexity index is 606. The van der Waals surface area contributed by atoms with E-state index in [1.54, 1.807) is 24.3 Å². The number of ether oxygens (including phenoxy) is 2. The van der Waals surface area contributed by atoms with E-state index in [0.717, 1.165) is 19.3 Å². The maximum absolute atomic E-state index is 12.3. The highest BCUT2D eigenvalue weighted by Crippen LogP contribution is 2.29. The summed E-state index contributed by atoms with van der Waals surface area (Å²) in [5.74, 6) is -0.865. The largest absolute Gasteiger partial charge is 0.467 e. The van der Waals surface area contributed by atoms with Crippen molar-refractivity contribution in [1.82, 2.24) is 5.32 Å². The molecule has 0 radical (unpaired) electrons. The Kier molecular flexibility index (Phi) is 5.78. The van der Waals surface area contributed by atoms with Crippen molar-refractivity contribution in [2.45, 2.75) is 37.6 Å². The van der Waals surface area contributed by atoms with Crippen LogP contribution < -0.4 is 10.6 Å². The minimum absolute atomic E-state index is 0.391. The van der Waals surface area contributed by atoms with Gasteiger partial charge in [-0.3, -0.25) is 0 Å². The van der Waals surface area contributed by atoms with Crippen LogP contribution in [0.3, 0.4) is 0 Å². The number of hydrogen-bond donors (Lipinski definition) is 2. The first-order valence-electron chi connectivity index (χ1n) is 7.87. The van der Waals surface area contributed by atoms with Gasteiger partial charge < -0.3 is 20.1 Å². The first-order chi connectivity index (χ1) is 11.5. The Balaban J connectivity index is 2.03. The average molecular weight is 334 g/mol. The van der Waals surface area contributed by atoms with Crippen LogP contribution in [-0.2, 0) is 14.3 Å². The molecule has 7 heteroatoms. The fourth-order valence-corrected chi connectivity index (χ4v) is 2.92. The van der Waals surface area contributed by atoms with Gasteiger partial charge in [-0.05, 0) is 37.1 Å². The molecule has 2 N–H and O–H groups in total. The van der Waals surface area contributed by atoms with Crippen molar-refractivity contribution in [2.24, 2.45) is 0 Å². The first kappa shape index (κ1) is 17.8. The van der Waals surface area contributed by atoms with Gasteiger partial charge in [-0.15, -0.1) is 0 Å². The SMILES string of the molecule is COC(=O)c1ccc(NC(=O)NC2(C(=O)OC)CCCCC2)cc1. The summed E-state index contributed by atoms with van der Waals surface area (Å²) in [6.07, 6.45) is 3.90. The summed E-state index contributed by atoms with van der Waals surface area (Å²) in [4.78, 5) is 35.8. The molecule has 24 heavy (non-hydrogen) atoms. The monoisotopic (exact) mass is 334 g/mol. The van der Waals surface area contributed by atoms with Gasteiger partial charge in [0, 0.05) is 5.69 Å². The fourth-order valence-electron chi connectivity index (χ4n) is 2.92. The number of anilines is 1. The molecule has 1 aliphatic carbocycles. The molecule has 1 saturated carbocycles. The molecular weight excluding hydrogens is 312 g/mol. The summed E-state index contributed by atoms with van der Waals surface area (Å²) in [6, 6.07) is 5.82. The molecule has 7 nitrogen and oxygen atoms in total. The van der Waals surface area contributed by atoms with Crippen molar-refractivity contribution in [3.63, 3.8) is 0 Å². The van der Waals surface area contributed by atoms with Crippen LogP contribution in [0.15, 0.2) is 24.3 Å². The van der Waals surface area contributed by atoms with E-state index in [2.05, 4.69) is 15.4 Å². The smallest absolute Gasteiger partial charge is 0.337 e. The molecular formula is C17H22N2O5. The molecule has 0 saturated heterocycles. The van der Waals surface area contributed by atoms with Crippen molar-refractivity contribution in [1.29, 1.82) is 0 Å². The second-order valence-electron chi connectivity index (χ2n) is 5.78. The quantitative estimate of drug-likeness (QED) is 0.825. The Morgan fingerprint density at radius 1 is 0.958 bits per heavy atom. The number of rotatable bonds is 4. The fraction of sp³-hybridized carbons (Fsp3) is 0.471. The zero-order valence-electron chi connectivity index (χ0n) is 13.9. The number of hydrogen-bond acceptors (Lipinski definition) is 5. The highest BCUT2D eigenvalue weighted by atomic mass is 16.5. The lowest BCUT2D eigenvalue weighted by atomic mass is 9.82. The van der Waals surface area contributed by atoms with Crippen LogP contribution in [0.1, 0.15) is 42.5 Å². The van der Waals surface area contributed by atoms with Gasteiger partial charge in [0.15, 0.2) is 0 Å². The summed E-state index contributed by atoms with van der Waals surface area (Å²) in [5.41, 5.74) is -0.0685. The molecule has 1 fully saturated rings. The van der Waals surface area contributed by atoms with E-state index >= 15 is 0 Å². The van der Waals surface area contributed by atoms with Gasteiger partial charge in [0.05, 0.1) is 19.8 Å². The molecule has 0 aromatic heterocycles. The zero-order valence-corrected chi connectivity index (χ0v) is 13.9. The van der Waals surface area contributed by atoms with E-state index in [1.807, 2.05) is 0 Å². The number of nitrogens with one attached hydrogen (secondary N) is 2. The van der Waals surface area contributed by atoms with E-state index in [0.29, 0.717) is 24.1 Å². The number of benzene rings is 1. The average Bonchev–Trinajstić information content (AvgIpc) is 2.61. The number of amides is 2. The zero-order chi connectivity index (χ0) is 17.6. The third-order valence-corrected chi connectivity index (χ3v) is 4.20. The van der Waals surface area contributed by atoms with Crippen LogP contribution in [0.25, 0.3) is 0 Å². The molecule has 2 amide bonds. The van der Waals surface area contributed by atoms with E-state index < -0.39 is 23.5 Å². The third-order valence-electron chi connectivity index (χ3n) is 4.20. The predicted octanol–water partition coefficient (Wildman–Crippen LogP) is 2.47. The van der Waals surface area contributed by atoms with Gasteiger partial charge in [-0.25, -0.2) is 14.4 Å². The van der Waals surface area contributed by atoms with Gasteiger partial charge in [-0.1, -0.05) is 19.3 Å². The first-order valence-corrected chi connectivity index (χ1v) is 7.87. The maximum atomic E-state index is 12.3. The summed E-state index contributed by atoms with van der Waals surface area (Å²) in [5, 5.41) is 5.43. The van der Waals surface area contributed by atoms with Crippen molar-refractivity contribution >= 4 is 23.7 Å². The number of carbonyl (C=O) groups is 3. The highest BCUT2D eigenvalue weighted by Gasteiger charge is 2.42. The molecule has 0 heterocycles. The normalized spacial score (nSPS) is 15.9. The Hall–Kier alpha value is -2.57. The van der Waals surface area contributed by atoms with E-state index in [4.69, 9.17) is 4.74 Å². The molecule has 0 unspecified atom stereocenters. The Morgan fingerprint density at radius 3 is 2.12 bits per heavy atom. The van der Waals surface area contributed by atoms with Crippen molar-refractivity contribution < 1.29 is 23.9 Å². The molecule has 0 atom stereocenters. The Labute approximate surface area is 140 Å². The Morgan fingerprint density at radius 2 is 1.58 bits per heavy atom. The third kappa shape index (κ3) is 4.04.